The van der Waals surface area contributed by atoms with Crippen LogP contribution in [-0.2, 0) is 12.4 Å². The van der Waals surface area contributed by atoms with Crippen LogP contribution in [0, 0.1) is 0 Å². The maximum Gasteiger partial charge on any atom is 0.418 e. The average molecular weight is 336 g/mol. The Morgan fingerprint density at radius 2 is 1.56 bits per heavy atom. The molecule has 2 nitrogen and oxygen atoms in total. The number of amides is 1. The maximum atomic E-state index is 12.6. The molecule has 0 radical (unpaired) electrons. The van der Waals surface area contributed by atoms with Gasteiger partial charge in [0.05, 0.1) is 16.7 Å². The van der Waals surface area contributed by atoms with Crippen molar-refractivity contribution in [1.82, 2.24) is 0 Å². The fourth-order valence-corrected chi connectivity index (χ4v) is 1.94. The first kappa shape index (κ1) is 14.8. The summed E-state index contributed by atoms with van der Waals surface area (Å²) in [5.74, 6) is -1.59. The molecule has 0 fully saturated rings. The molecule has 0 atom stereocenters. The van der Waals surface area contributed by atoms with Gasteiger partial charge in [0.2, 0.25) is 5.91 Å². The van der Waals surface area contributed by atoms with E-state index in [9.17, 15) is 31.1 Å². The molecule has 9 heteroatoms. The fourth-order valence-electron chi connectivity index (χ4n) is 1.25. The number of carbonyl (C=O) groups excluding carboxylic acids is 1. The largest absolute Gasteiger partial charge is 0.418 e. The SMILES string of the molecule is NC(=O)c1cc(C(F)(F)F)cc(Br)c1C(F)(F)F. The van der Waals surface area contributed by atoms with Crippen molar-refractivity contribution in [2.45, 2.75) is 12.4 Å². The third-order valence-electron chi connectivity index (χ3n) is 1.97. The summed E-state index contributed by atoms with van der Waals surface area (Å²) >= 11 is 2.37. The van der Waals surface area contributed by atoms with Gasteiger partial charge in [-0.2, -0.15) is 26.3 Å². The van der Waals surface area contributed by atoms with Crippen molar-refractivity contribution in [1.29, 1.82) is 0 Å². The lowest BCUT2D eigenvalue weighted by molar-refractivity contribution is -0.142. The number of hydrogen-bond acceptors (Lipinski definition) is 1. The van der Waals surface area contributed by atoms with E-state index in [-0.39, 0.29) is 12.1 Å². The van der Waals surface area contributed by atoms with E-state index in [1.807, 2.05) is 0 Å². The van der Waals surface area contributed by atoms with Gasteiger partial charge in [-0.3, -0.25) is 4.79 Å². The average Bonchev–Trinajstić information content (AvgIpc) is 2.12. The minimum absolute atomic E-state index is 0.0793. The number of primary amides is 1. The zero-order valence-corrected chi connectivity index (χ0v) is 9.87. The van der Waals surface area contributed by atoms with Crippen molar-refractivity contribution in [3.05, 3.63) is 33.3 Å². The molecule has 0 aliphatic carbocycles. The second-order valence-electron chi connectivity index (χ2n) is 3.24. The lowest BCUT2D eigenvalue weighted by Gasteiger charge is -2.16. The van der Waals surface area contributed by atoms with Crippen LogP contribution in [-0.4, -0.2) is 5.91 Å². The topological polar surface area (TPSA) is 43.1 Å². The van der Waals surface area contributed by atoms with E-state index in [0.717, 1.165) is 0 Å². The molecule has 0 saturated heterocycles. The van der Waals surface area contributed by atoms with Gasteiger partial charge in [0.1, 0.15) is 0 Å². The Hall–Kier alpha value is -1.25. The van der Waals surface area contributed by atoms with E-state index in [1.165, 1.54) is 0 Å². The molecular weight excluding hydrogens is 332 g/mol. The normalized spacial score (nSPS) is 12.6. The molecule has 100 valence electrons. The highest BCUT2D eigenvalue weighted by molar-refractivity contribution is 9.10. The number of nitrogens with two attached hydrogens (primary N) is 1. The van der Waals surface area contributed by atoms with E-state index < -0.39 is 39.4 Å². The molecule has 1 aromatic rings. The van der Waals surface area contributed by atoms with Crippen molar-refractivity contribution in [3.8, 4) is 0 Å². The minimum Gasteiger partial charge on any atom is -0.366 e. The third-order valence-corrected chi connectivity index (χ3v) is 2.59. The molecule has 0 spiro atoms. The molecule has 0 aromatic heterocycles. The quantitative estimate of drug-likeness (QED) is 0.783. The standard InChI is InChI=1S/C9H4BrF6NO/c10-5-2-3(8(11,12)13)1-4(7(17)18)6(5)9(14,15)16/h1-2H,(H2,17,18). The summed E-state index contributed by atoms with van der Waals surface area (Å²) in [5, 5.41) is 0. The van der Waals surface area contributed by atoms with Gasteiger partial charge in [0.15, 0.2) is 0 Å². The van der Waals surface area contributed by atoms with Gasteiger partial charge in [-0.05, 0) is 12.1 Å². The Bertz CT molecular complexity index is 493. The predicted molar refractivity (Wildman–Crippen MR) is 52.7 cm³/mol. The van der Waals surface area contributed by atoms with E-state index in [1.54, 1.807) is 0 Å². The Morgan fingerprint density at radius 1 is 1.06 bits per heavy atom. The molecule has 1 aromatic carbocycles. The molecular formula is C9H4BrF6NO. The summed E-state index contributed by atoms with van der Waals surface area (Å²) in [6.07, 6.45) is -9.87. The molecule has 0 unspecified atom stereocenters. The van der Waals surface area contributed by atoms with Gasteiger partial charge in [-0.25, -0.2) is 0 Å². The van der Waals surface area contributed by atoms with Crippen LogP contribution < -0.4 is 5.73 Å². The van der Waals surface area contributed by atoms with Crippen LogP contribution >= 0.6 is 15.9 Å². The van der Waals surface area contributed by atoms with Crippen molar-refractivity contribution >= 4 is 21.8 Å². The third kappa shape index (κ3) is 2.95. The fraction of sp³-hybridized carbons (Fsp3) is 0.222. The first-order valence-electron chi connectivity index (χ1n) is 4.22. The molecule has 0 heterocycles. The smallest absolute Gasteiger partial charge is 0.366 e. The lowest BCUT2D eigenvalue weighted by atomic mass is 10.0. The van der Waals surface area contributed by atoms with E-state index in [4.69, 9.17) is 0 Å². The second kappa shape index (κ2) is 4.45. The van der Waals surface area contributed by atoms with E-state index in [2.05, 4.69) is 21.7 Å². The Labute approximate surface area is 105 Å². The molecule has 1 rings (SSSR count). The number of alkyl halides is 6. The summed E-state index contributed by atoms with van der Waals surface area (Å²) in [6, 6.07) is 0.325. The molecule has 2 N–H and O–H groups in total. The number of carbonyl (C=O) groups is 1. The molecule has 0 bridgehead atoms. The van der Waals surface area contributed by atoms with Crippen molar-refractivity contribution in [2.24, 2.45) is 5.73 Å². The lowest BCUT2D eigenvalue weighted by Crippen LogP contribution is -2.21. The predicted octanol–water partition coefficient (Wildman–Crippen LogP) is 3.59. The summed E-state index contributed by atoms with van der Waals surface area (Å²) in [4.78, 5) is 10.8. The summed E-state index contributed by atoms with van der Waals surface area (Å²) in [5.41, 5.74) is 0.516. The molecule has 0 saturated carbocycles. The van der Waals surface area contributed by atoms with Gasteiger partial charge in [-0.15, -0.1) is 0 Å². The van der Waals surface area contributed by atoms with Crippen molar-refractivity contribution in [3.63, 3.8) is 0 Å². The van der Waals surface area contributed by atoms with Crippen LogP contribution in [0.5, 0.6) is 0 Å². The highest BCUT2D eigenvalue weighted by atomic mass is 79.9. The van der Waals surface area contributed by atoms with Crippen LogP contribution in [0.2, 0.25) is 0 Å². The summed E-state index contributed by atoms with van der Waals surface area (Å²) in [6.45, 7) is 0. The zero-order valence-electron chi connectivity index (χ0n) is 8.29. The first-order valence-corrected chi connectivity index (χ1v) is 5.01. The number of halogens is 7. The van der Waals surface area contributed by atoms with Crippen molar-refractivity contribution < 1.29 is 31.1 Å². The van der Waals surface area contributed by atoms with Crippen molar-refractivity contribution in [2.75, 3.05) is 0 Å². The first-order chi connectivity index (χ1) is 7.94. The summed E-state index contributed by atoms with van der Waals surface area (Å²) < 4.78 is 74.0. The van der Waals surface area contributed by atoms with Crippen LogP contribution in [0.1, 0.15) is 21.5 Å². The van der Waals surface area contributed by atoms with E-state index in [0.29, 0.717) is 0 Å². The summed E-state index contributed by atoms with van der Waals surface area (Å²) in [7, 11) is 0. The number of hydrogen-bond donors (Lipinski definition) is 1. The van der Waals surface area contributed by atoms with Crippen LogP contribution in [0.4, 0.5) is 26.3 Å². The van der Waals surface area contributed by atoms with Crippen LogP contribution in [0.3, 0.4) is 0 Å². The Morgan fingerprint density at radius 3 is 1.89 bits per heavy atom. The zero-order chi connectivity index (χ0) is 14.3. The minimum atomic E-state index is -4.99. The van der Waals surface area contributed by atoms with Crippen LogP contribution in [0.25, 0.3) is 0 Å². The number of rotatable bonds is 1. The van der Waals surface area contributed by atoms with Gasteiger partial charge in [0.25, 0.3) is 0 Å². The second-order valence-corrected chi connectivity index (χ2v) is 4.09. The highest BCUT2D eigenvalue weighted by Gasteiger charge is 2.40. The molecule has 18 heavy (non-hydrogen) atoms. The Kier molecular flexibility index (Phi) is 3.66. The van der Waals surface area contributed by atoms with E-state index >= 15 is 0 Å². The van der Waals surface area contributed by atoms with Gasteiger partial charge in [-0.1, -0.05) is 15.9 Å². The highest BCUT2D eigenvalue weighted by Crippen LogP contribution is 2.41. The maximum absolute atomic E-state index is 12.6. The van der Waals surface area contributed by atoms with Crippen LogP contribution in [0.15, 0.2) is 16.6 Å². The molecule has 1 amide bonds. The Balaban J connectivity index is 3.62. The molecule has 0 aliphatic heterocycles. The monoisotopic (exact) mass is 335 g/mol. The van der Waals surface area contributed by atoms with Gasteiger partial charge >= 0.3 is 12.4 Å². The van der Waals surface area contributed by atoms with Gasteiger partial charge < -0.3 is 5.73 Å². The molecule has 0 aliphatic rings. The number of benzene rings is 1. The van der Waals surface area contributed by atoms with Gasteiger partial charge in [0, 0.05) is 4.47 Å².